The van der Waals surface area contributed by atoms with Gasteiger partial charge >= 0.3 is 0 Å². The molecule has 0 radical (unpaired) electrons. The van der Waals surface area contributed by atoms with E-state index in [0.717, 1.165) is 6.42 Å². The van der Waals surface area contributed by atoms with Crippen molar-refractivity contribution in [3.05, 3.63) is 29.6 Å². The van der Waals surface area contributed by atoms with Gasteiger partial charge in [-0.15, -0.1) is 0 Å². The molecule has 3 N–H and O–H groups in total. The van der Waals surface area contributed by atoms with E-state index in [1.165, 1.54) is 18.2 Å². The van der Waals surface area contributed by atoms with E-state index < -0.39 is 5.82 Å². The van der Waals surface area contributed by atoms with Crippen LogP contribution in [0.3, 0.4) is 0 Å². The van der Waals surface area contributed by atoms with Crippen LogP contribution in [0, 0.1) is 11.7 Å². The fourth-order valence-electron chi connectivity index (χ4n) is 1.76. The summed E-state index contributed by atoms with van der Waals surface area (Å²) in [5, 5.41) is 2.86. The zero-order chi connectivity index (χ0) is 13.0. The summed E-state index contributed by atoms with van der Waals surface area (Å²) in [6, 6.07) is 4.08. The van der Waals surface area contributed by atoms with E-state index in [-0.39, 0.29) is 17.6 Å². The first-order valence-electron chi connectivity index (χ1n) is 5.76. The number of halogens is 1. The van der Waals surface area contributed by atoms with Crippen molar-refractivity contribution in [1.29, 1.82) is 0 Å². The molecule has 0 aliphatic carbocycles. The zero-order valence-corrected chi connectivity index (χ0v) is 10.5. The Morgan fingerprint density at radius 3 is 2.59 bits per heavy atom. The van der Waals surface area contributed by atoms with Gasteiger partial charge in [-0.2, -0.15) is 0 Å². The summed E-state index contributed by atoms with van der Waals surface area (Å²) in [6.07, 6.45) is 0.905. The summed E-state index contributed by atoms with van der Waals surface area (Å²) in [5.41, 5.74) is 5.80. The fraction of sp³-hybridized carbons (Fsp3) is 0.462. The van der Waals surface area contributed by atoms with Gasteiger partial charge in [0.2, 0.25) is 0 Å². The highest BCUT2D eigenvalue weighted by Crippen LogP contribution is 2.13. The molecule has 1 rings (SSSR count). The molecular formula is C13H19FN2O. The van der Waals surface area contributed by atoms with Gasteiger partial charge in [-0.3, -0.25) is 4.79 Å². The van der Waals surface area contributed by atoms with Gasteiger partial charge in [-0.1, -0.05) is 13.8 Å². The minimum Gasteiger partial charge on any atom is -0.396 e. The third-order valence-corrected chi connectivity index (χ3v) is 2.46. The summed E-state index contributed by atoms with van der Waals surface area (Å²) >= 11 is 0. The van der Waals surface area contributed by atoms with Crippen LogP contribution in [0.2, 0.25) is 0 Å². The van der Waals surface area contributed by atoms with E-state index >= 15 is 0 Å². The second-order valence-corrected chi connectivity index (χ2v) is 4.74. The number of hydrogen-bond acceptors (Lipinski definition) is 2. The second kappa shape index (κ2) is 5.66. The molecular weight excluding hydrogens is 219 g/mol. The van der Waals surface area contributed by atoms with Crippen molar-refractivity contribution in [3.63, 3.8) is 0 Å². The predicted octanol–water partition coefficient (Wildman–Crippen LogP) is 2.57. The monoisotopic (exact) mass is 238 g/mol. The maximum absolute atomic E-state index is 12.9. The number of anilines is 1. The molecule has 94 valence electrons. The van der Waals surface area contributed by atoms with Crippen molar-refractivity contribution in [2.75, 3.05) is 5.73 Å². The molecule has 0 saturated heterocycles. The minimum absolute atomic E-state index is 0.00540. The molecule has 0 aliphatic heterocycles. The van der Waals surface area contributed by atoms with Crippen LogP contribution in [0.25, 0.3) is 0 Å². The highest BCUT2D eigenvalue weighted by atomic mass is 19.1. The maximum atomic E-state index is 12.9. The molecule has 1 atom stereocenters. The van der Waals surface area contributed by atoms with E-state index in [9.17, 15) is 9.18 Å². The first kappa shape index (κ1) is 13.5. The minimum atomic E-state index is -0.503. The van der Waals surface area contributed by atoms with E-state index in [1.54, 1.807) is 0 Å². The van der Waals surface area contributed by atoms with Crippen molar-refractivity contribution in [1.82, 2.24) is 5.32 Å². The Balaban J connectivity index is 2.66. The average Bonchev–Trinajstić information content (AvgIpc) is 2.20. The van der Waals surface area contributed by atoms with Gasteiger partial charge in [0.15, 0.2) is 0 Å². The molecule has 0 aromatic heterocycles. The number of benzene rings is 1. The number of hydrogen-bond donors (Lipinski definition) is 2. The van der Waals surface area contributed by atoms with Crippen LogP contribution in [0.4, 0.5) is 10.1 Å². The van der Waals surface area contributed by atoms with Crippen LogP contribution in [-0.4, -0.2) is 11.9 Å². The van der Waals surface area contributed by atoms with E-state index in [4.69, 9.17) is 5.73 Å². The fourth-order valence-corrected chi connectivity index (χ4v) is 1.76. The molecule has 0 fully saturated rings. The smallest absolute Gasteiger partial charge is 0.251 e. The molecule has 0 saturated carbocycles. The molecule has 0 spiro atoms. The second-order valence-electron chi connectivity index (χ2n) is 4.74. The van der Waals surface area contributed by atoms with Gasteiger partial charge in [-0.05, 0) is 37.5 Å². The molecule has 4 heteroatoms. The van der Waals surface area contributed by atoms with Crippen LogP contribution in [0.15, 0.2) is 18.2 Å². The number of carbonyl (C=O) groups excluding carboxylic acids is 1. The van der Waals surface area contributed by atoms with Crippen LogP contribution < -0.4 is 11.1 Å². The van der Waals surface area contributed by atoms with Crippen molar-refractivity contribution in [2.24, 2.45) is 5.92 Å². The van der Waals surface area contributed by atoms with Crippen molar-refractivity contribution < 1.29 is 9.18 Å². The first-order valence-corrected chi connectivity index (χ1v) is 5.76. The quantitative estimate of drug-likeness (QED) is 0.792. The summed E-state index contributed by atoms with van der Waals surface area (Å²) in [4.78, 5) is 11.8. The Morgan fingerprint density at radius 2 is 2.06 bits per heavy atom. The molecule has 0 aliphatic rings. The highest BCUT2D eigenvalue weighted by Gasteiger charge is 2.12. The number of nitrogens with two attached hydrogens (primary N) is 1. The number of nitrogen functional groups attached to an aromatic ring is 1. The summed E-state index contributed by atoms with van der Waals surface area (Å²) in [6.45, 7) is 6.14. The topological polar surface area (TPSA) is 55.1 Å². The number of nitrogens with one attached hydrogen (secondary N) is 1. The molecule has 1 aromatic carbocycles. The maximum Gasteiger partial charge on any atom is 0.251 e. The van der Waals surface area contributed by atoms with Gasteiger partial charge in [0.05, 0.1) is 5.69 Å². The molecule has 1 amide bonds. The summed E-state index contributed by atoms with van der Waals surface area (Å²) in [7, 11) is 0. The third kappa shape index (κ3) is 4.06. The molecule has 1 unspecified atom stereocenters. The van der Waals surface area contributed by atoms with Gasteiger partial charge in [0.1, 0.15) is 5.82 Å². The van der Waals surface area contributed by atoms with Crippen LogP contribution >= 0.6 is 0 Å². The number of rotatable bonds is 4. The Morgan fingerprint density at radius 1 is 1.41 bits per heavy atom. The van der Waals surface area contributed by atoms with Gasteiger partial charge < -0.3 is 11.1 Å². The molecule has 1 aromatic rings. The lowest BCUT2D eigenvalue weighted by atomic mass is 10.0. The summed E-state index contributed by atoms with van der Waals surface area (Å²) in [5.74, 6) is -0.204. The van der Waals surface area contributed by atoms with Crippen molar-refractivity contribution in [2.45, 2.75) is 33.2 Å². The standard InChI is InChI=1S/C13H19FN2O/c1-8(2)6-9(3)16-13(17)10-4-5-11(14)12(15)7-10/h4-5,7-9H,6,15H2,1-3H3,(H,16,17). The van der Waals surface area contributed by atoms with Crippen LogP contribution in [0.5, 0.6) is 0 Å². The average molecular weight is 238 g/mol. The van der Waals surface area contributed by atoms with Gasteiger partial charge in [0.25, 0.3) is 5.91 Å². The largest absolute Gasteiger partial charge is 0.396 e. The zero-order valence-electron chi connectivity index (χ0n) is 10.5. The van der Waals surface area contributed by atoms with E-state index in [2.05, 4.69) is 19.2 Å². The van der Waals surface area contributed by atoms with Crippen LogP contribution in [0.1, 0.15) is 37.6 Å². The third-order valence-electron chi connectivity index (χ3n) is 2.46. The SMILES string of the molecule is CC(C)CC(C)NC(=O)c1ccc(F)c(N)c1. The van der Waals surface area contributed by atoms with Gasteiger partial charge in [0, 0.05) is 11.6 Å². The first-order chi connectivity index (χ1) is 7.90. The molecule has 0 bridgehead atoms. The van der Waals surface area contributed by atoms with E-state index in [1.807, 2.05) is 6.92 Å². The Labute approximate surface area is 101 Å². The number of amides is 1. The summed E-state index contributed by atoms with van der Waals surface area (Å²) < 4.78 is 12.9. The van der Waals surface area contributed by atoms with Crippen molar-refractivity contribution >= 4 is 11.6 Å². The lowest BCUT2D eigenvalue weighted by Gasteiger charge is -2.16. The Bertz CT molecular complexity index is 404. The Hall–Kier alpha value is -1.58. The lowest BCUT2D eigenvalue weighted by molar-refractivity contribution is 0.0936. The molecule has 3 nitrogen and oxygen atoms in total. The van der Waals surface area contributed by atoms with Gasteiger partial charge in [-0.25, -0.2) is 4.39 Å². The predicted molar refractivity (Wildman–Crippen MR) is 67.2 cm³/mol. The Kier molecular flexibility index (Phi) is 4.49. The van der Waals surface area contributed by atoms with Crippen molar-refractivity contribution in [3.8, 4) is 0 Å². The van der Waals surface area contributed by atoms with Crippen LogP contribution in [-0.2, 0) is 0 Å². The molecule has 17 heavy (non-hydrogen) atoms. The number of carbonyl (C=O) groups is 1. The van der Waals surface area contributed by atoms with E-state index in [0.29, 0.717) is 11.5 Å². The molecule has 0 heterocycles. The normalized spacial score (nSPS) is 12.5. The lowest BCUT2D eigenvalue weighted by Crippen LogP contribution is -2.33. The highest BCUT2D eigenvalue weighted by molar-refractivity contribution is 5.95.